The van der Waals surface area contributed by atoms with Crippen molar-refractivity contribution >= 4 is 66.4 Å². The summed E-state index contributed by atoms with van der Waals surface area (Å²) in [6, 6.07) is 22.4. The highest BCUT2D eigenvalue weighted by Gasteiger charge is 2.46. The number of benzene rings is 4. The lowest BCUT2D eigenvalue weighted by Crippen LogP contribution is -2.49. The van der Waals surface area contributed by atoms with E-state index in [1.54, 1.807) is 48.6 Å². The molecule has 4 aromatic rings. The van der Waals surface area contributed by atoms with Crippen molar-refractivity contribution in [1.82, 2.24) is 9.44 Å². The van der Waals surface area contributed by atoms with Crippen LogP contribution in [0.5, 0.6) is 11.5 Å². The van der Waals surface area contributed by atoms with Crippen molar-refractivity contribution in [3.63, 3.8) is 0 Å². The van der Waals surface area contributed by atoms with Crippen LogP contribution in [0, 0.1) is 23.7 Å². The zero-order valence-corrected chi connectivity index (χ0v) is 50.2. The number of rotatable bonds is 18. The highest BCUT2D eigenvalue weighted by Crippen LogP contribution is 2.49. The van der Waals surface area contributed by atoms with Gasteiger partial charge in [0.05, 0.1) is 47.3 Å². The lowest BCUT2D eigenvalue weighted by atomic mass is 9.68. The fourth-order valence-electron chi connectivity index (χ4n) is 13.2. The van der Waals surface area contributed by atoms with E-state index in [0.29, 0.717) is 63.7 Å². The molecule has 0 aromatic heterocycles. The van der Waals surface area contributed by atoms with E-state index < -0.39 is 54.6 Å². The molecule has 0 radical (unpaired) electrons. The van der Waals surface area contributed by atoms with Crippen LogP contribution in [-0.4, -0.2) is 101 Å². The Morgan fingerprint density at radius 1 is 0.634 bits per heavy atom. The number of nitrogens with zero attached hydrogens (tertiary/aromatic N) is 2. The van der Waals surface area contributed by atoms with E-state index in [2.05, 4.69) is 69.8 Å². The fourth-order valence-corrected chi connectivity index (χ4v) is 15.3. The molecule has 18 heteroatoms. The van der Waals surface area contributed by atoms with Crippen molar-refractivity contribution in [2.75, 3.05) is 49.2 Å². The average Bonchev–Trinajstić information content (AvgIpc) is 3.94. The van der Waals surface area contributed by atoms with Crippen molar-refractivity contribution in [1.29, 1.82) is 0 Å². The number of sulfonamides is 2. The van der Waals surface area contributed by atoms with Crippen molar-refractivity contribution in [3.05, 3.63) is 167 Å². The Morgan fingerprint density at radius 2 is 1.04 bits per heavy atom. The number of nitrogens with one attached hydrogen (secondary N) is 2. The van der Waals surface area contributed by atoms with Crippen LogP contribution in [0.1, 0.15) is 121 Å². The number of aliphatic hydroxyl groups is 2. The summed E-state index contributed by atoms with van der Waals surface area (Å²) < 4.78 is 67.6. The molecule has 4 aromatic carbocycles. The number of aryl methyl sites for hydroxylation is 2. The summed E-state index contributed by atoms with van der Waals surface area (Å²) in [4.78, 5) is 30.8. The minimum atomic E-state index is -3.90. The Hall–Kier alpha value is -5.62. The molecule has 2 fully saturated rings. The molecule has 10 atom stereocenters. The lowest BCUT2D eigenvalue weighted by molar-refractivity contribution is 0.0176. The summed E-state index contributed by atoms with van der Waals surface area (Å²) in [5.74, 6) is 0.813. The number of halogens is 2. The SMILES string of the molecule is C=CC[C@H](O)[C@@H]1CC[C@H]1CN1C[C@@]2(CCCc3cc(Cl)ccc32)COc2ccc(C(=O)NS(=O)(=O)[C@@H](C)C=C)cc21.C=CC[C@H](O)[C@@H]1CC[C@H]1CN1C[C@@]2(CCCc3cc(Cl)ccc32)COc2ccc(C(=O)NS(=O)(=O)[C@H](C)C=C)cc21. The van der Waals surface area contributed by atoms with Gasteiger partial charge in [-0.2, -0.15) is 0 Å². The van der Waals surface area contributed by atoms with E-state index in [-0.39, 0.29) is 45.6 Å². The highest BCUT2D eigenvalue weighted by molar-refractivity contribution is 7.91. The molecule has 6 aliphatic rings. The van der Waals surface area contributed by atoms with Crippen LogP contribution >= 0.6 is 23.2 Å². The van der Waals surface area contributed by atoms with Gasteiger partial charge >= 0.3 is 0 Å². The molecule has 2 aliphatic heterocycles. The van der Waals surface area contributed by atoms with E-state index in [1.165, 1.54) is 48.3 Å². The molecule has 0 saturated heterocycles. The van der Waals surface area contributed by atoms with Crippen LogP contribution in [0.25, 0.3) is 0 Å². The van der Waals surface area contributed by atoms with Gasteiger partial charge in [0.2, 0.25) is 20.0 Å². The van der Waals surface area contributed by atoms with Gasteiger partial charge < -0.3 is 29.5 Å². The molecule has 440 valence electrons. The second kappa shape index (κ2) is 25.3. The molecule has 2 spiro atoms. The minimum Gasteiger partial charge on any atom is -0.490 e. The van der Waals surface area contributed by atoms with Gasteiger partial charge in [0.1, 0.15) is 11.5 Å². The molecule has 2 saturated carbocycles. The molecule has 2 amide bonds. The maximum Gasteiger partial charge on any atom is 0.264 e. The number of amides is 2. The Kier molecular flexibility index (Phi) is 18.8. The summed E-state index contributed by atoms with van der Waals surface area (Å²) in [6.07, 6.45) is 16.1. The molecule has 0 bridgehead atoms. The largest absolute Gasteiger partial charge is 0.490 e. The van der Waals surface area contributed by atoms with Gasteiger partial charge in [0.15, 0.2) is 0 Å². The first kappa shape index (κ1) is 61.0. The molecule has 4 N–H and O–H groups in total. The van der Waals surface area contributed by atoms with Crippen LogP contribution in [-0.2, 0) is 43.7 Å². The molecule has 10 rings (SSSR count). The Balaban J connectivity index is 0.000000198. The second-order valence-electron chi connectivity index (χ2n) is 23.6. The van der Waals surface area contributed by atoms with Crippen LogP contribution < -0.4 is 28.7 Å². The Morgan fingerprint density at radius 3 is 1.39 bits per heavy atom. The zero-order valence-electron chi connectivity index (χ0n) is 47.0. The number of fused-ring (bicyclic) bond motifs is 6. The topological polar surface area (TPSA) is 192 Å². The van der Waals surface area contributed by atoms with Gasteiger partial charge in [-0.15, -0.1) is 26.3 Å². The van der Waals surface area contributed by atoms with Crippen LogP contribution in [0.3, 0.4) is 0 Å². The predicted octanol–water partition coefficient (Wildman–Crippen LogP) is 10.8. The Labute approximate surface area is 494 Å². The van der Waals surface area contributed by atoms with Crippen molar-refractivity contribution in [2.24, 2.45) is 23.7 Å². The normalized spacial score (nSPS) is 25.0. The van der Waals surface area contributed by atoms with Gasteiger partial charge in [0.25, 0.3) is 11.8 Å². The average molecular weight is 1200 g/mol. The zero-order chi connectivity index (χ0) is 58.7. The van der Waals surface area contributed by atoms with Crippen molar-refractivity contribution < 1.29 is 46.1 Å². The van der Waals surface area contributed by atoms with Crippen LogP contribution in [0.15, 0.2) is 123 Å². The van der Waals surface area contributed by atoms with E-state index in [4.69, 9.17) is 32.7 Å². The van der Waals surface area contributed by atoms with E-state index in [0.717, 1.165) is 85.6 Å². The second-order valence-corrected chi connectivity index (χ2v) is 28.5. The van der Waals surface area contributed by atoms with Gasteiger partial charge in [-0.1, -0.05) is 59.6 Å². The molecule has 4 aliphatic carbocycles. The number of aliphatic hydroxyl groups excluding tert-OH is 2. The molecule has 14 nitrogen and oxygen atoms in total. The van der Waals surface area contributed by atoms with Gasteiger partial charge in [-0.05, 0) is 197 Å². The number of carbonyl (C=O) groups excluding carboxylic acids is 2. The number of hydrogen-bond acceptors (Lipinski definition) is 12. The van der Waals surface area contributed by atoms with Crippen molar-refractivity contribution in [3.8, 4) is 11.5 Å². The maximum atomic E-state index is 13.1. The first-order valence-electron chi connectivity index (χ1n) is 28.7. The third kappa shape index (κ3) is 12.9. The third-order valence-corrected chi connectivity index (χ3v) is 22.1. The first-order chi connectivity index (χ1) is 39.1. The summed E-state index contributed by atoms with van der Waals surface area (Å²) in [5, 5.41) is 21.1. The predicted molar refractivity (Wildman–Crippen MR) is 327 cm³/mol. The van der Waals surface area contributed by atoms with Crippen LogP contribution in [0.4, 0.5) is 11.4 Å². The van der Waals surface area contributed by atoms with Crippen molar-refractivity contribution in [2.45, 2.75) is 124 Å². The van der Waals surface area contributed by atoms with Gasteiger partial charge in [0, 0.05) is 58.2 Å². The van der Waals surface area contributed by atoms with E-state index >= 15 is 0 Å². The highest BCUT2D eigenvalue weighted by atomic mass is 35.5. The molecule has 2 heterocycles. The van der Waals surface area contributed by atoms with Crippen LogP contribution in [0.2, 0.25) is 10.0 Å². The monoisotopic (exact) mass is 1200 g/mol. The minimum absolute atomic E-state index is 0.172. The summed E-state index contributed by atoms with van der Waals surface area (Å²) in [7, 11) is -7.81. The smallest absolute Gasteiger partial charge is 0.264 e. The van der Waals surface area contributed by atoms with Gasteiger partial charge in [-0.25, -0.2) is 26.3 Å². The standard InChI is InChI=1S/2C32H39ClN2O5S/c2*1-4-7-29(36)26-12-9-24(26)18-35-19-32(15-6-8-22-16-25(33)11-13-27(22)32)20-40-30-14-10-23(17-28(30)35)31(37)34-41(38,39)21(3)5-2/h2*4-5,10-11,13-14,16-17,21,24,26,29,36H,1-2,6-9,12,15,18-20H2,3H3,(H,34,37)/t21-,24+,26-,29+,32+;21-,24-,26+,29-,32-/m10/s1. The summed E-state index contributed by atoms with van der Waals surface area (Å²) in [5.41, 5.74) is 6.40. The summed E-state index contributed by atoms with van der Waals surface area (Å²) in [6.45, 7) is 21.3. The molecular formula is C64H78Cl2N4O10S2. The van der Waals surface area contributed by atoms with E-state index in [1.807, 2.05) is 12.1 Å². The number of carbonyl (C=O) groups is 2. The quantitative estimate of drug-likeness (QED) is 0.0691. The molecular weight excluding hydrogens is 1120 g/mol. The fraction of sp³-hybridized carbons (Fsp3) is 0.469. The molecule has 0 unspecified atom stereocenters. The first-order valence-corrected chi connectivity index (χ1v) is 32.5. The number of hydrogen-bond donors (Lipinski definition) is 4. The number of anilines is 2. The lowest BCUT2D eigenvalue weighted by Gasteiger charge is -2.45. The number of ether oxygens (including phenoxy) is 2. The summed E-state index contributed by atoms with van der Waals surface area (Å²) >= 11 is 12.7. The third-order valence-electron chi connectivity index (χ3n) is 18.4. The maximum absolute atomic E-state index is 13.1. The molecule has 82 heavy (non-hydrogen) atoms. The van der Waals surface area contributed by atoms with Gasteiger partial charge in [-0.3, -0.25) is 9.59 Å². The Bertz CT molecular complexity index is 3100. The van der Waals surface area contributed by atoms with E-state index in [9.17, 15) is 36.6 Å².